The van der Waals surface area contributed by atoms with Crippen LogP contribution in [0.25, 0.3) is 11.0 Å². The maximum absolute atomic E-state index is 12.4. The predicted octanol–water partition coefficient (Wildman–Crippen LogP) is 3.36. The summed E-state index contributed by atoms with van der Waals surface area (Å²) >= 11 is 0. The first-order chi connectivity index (χ1) is 11.9. The molecular weight excluding hydrogens is 340 g/mol. The molecular formula is C19H16O5S. The fraction of sp³-hybridized carbons (Fsp3) is 0.211. The lowest BCUT2D eigenvalue weighted by Crippen LogP contribution is -2.10. The van der Waals surface area contributed by atoms with E-state index in [0.29, 0.717) is 5.58 Å². The lowest BCUT2D eigenvalue weighted by molar-refractivity contribution is 0.485. The molecule has 0 N–H and O–H groups in total. The Kier molecular flexibility index (Phi) is 3.65. The summed E-state index contributed by atoms with van der Waals surface area (Å²) in [6.45, 7) is 1.88. The van der Waals surface area contributed by atoms with E-state index >= 15 is 0 Å². The highest BCUT2D eigenvalue weighted by molar-refractivity contribution is 7.87. The van der Waals surface area contributed by atoms with Gasteiger partial charge >= 0.3 is 15.7 Å². The van der Waals surface area contributed by atoms with Gasteiger partial charge in [0.1, 0.15) is 16.2 Å². The van der Waals surface area contributed by atoms with E-state index in [2.05, 4.69) is 0 Å². The second kappa shape index (κ2) is 5.74. The molecule has 0 fully saturated rings. The summed E-state index contributed by atoms with van der Waals surface area (Å²) in [5.41, 5.74) is 2.69. The van der Waals surface area contributed by atoms with Gasteiger partial charge in [0, 0.05) is 17.0 Å². The van der Waals surface area contributed by atoms with Crippen LogP contribution in [0.1, 0.15) is 23.1 Å². The van der Waals surface area contributed by atoms with Crippen LogP contribution in [-0.4, -0.2) is 8.42 Å². The first-order valence-electron chi connectivity index (χ1n) is 8.04. The van der Waals surface area contributed by atoms with Crippen LogP contribution in [0.2, 0.25) is 0 Å². The van der Waals surface area contributed by atoms with E-state index < -0.39 is 10.1 Å². The van der Waals surface area contributed by atoms with E-state index in [1.807, 2.05) is 6.92 Å². The zero-order chi connectivity index (χ0) is 17.6. The molecule has 2 aromatic carbocycles. The molecule has 128 valence electrons. The fourth-order valence-corrected chi connectivity index (χ4v) is 4.12. The smallest absolute Gasteiger partial charge is 0.339 e. The molecule has 0 atom stereocenters. The molecule has 1 aliphatic carbocycles. The van der Waals surface area contributed by atoms with Crippen LogP contribution in [0.4, 0.5) is 0 Å². The Labute approximate surface area is 145 Å². The molecule has 0 saturated carbocycles. The van der Waals surface area contributed by atoms with Gasteiger partial charge in [-0.05, 0) is 56.0 Å². The van der Waals surface area contributed by atoms with Crippen LogP contribution in [0.3, 0.4) is 0 Å². The van der Waals surface area contributed by atoms with Gasteiger partial charge in [-0.25, -0.2) is 4.79 Å². The third-order valence-electron chi connectivity index (χ3n) is 4.46. The van der Waals surface area contributed by atoms with E-state index in [1.165, 1.54) is 18.2 Å². The van der Waals surface area contributed by atoms with Crippen LogP contribution >= 0.6 is 0 Å². The summed E-state index contributed by atoms with van der Waals surface area (Å²) in [7, 11) is -3.94. The van der Waals surface area contributed by atoms with Gasteiger partial charge in [-0.2, -0.15) is 8.42 Å². The Morgan fingerprint density at radius 3 is 2.48 bits per heavy atom. The molecule has 0 saturated heterocycles. The molecule has 0 unspecified atom stereocenters. The lowest BCUT2D eigenvalue weighted by atomic mass is 10.1. The van der Waals surface area contributed by atoms with E-state index in [0.717, 1.165) is 41.3 Å². The summed E-state index contributed by atoms with van der Waals surface area (Å²) in [5.74, 6) is 0.120. The standard InChI is InChI=1S/C19H16O5S/c1-12-5-8-14(9-6-12)25(21,22)24-13-7-10-16-15-3-2-4-17(15)19(20)23-18(16)11-13/h5-11H,2-4H2,1H3. The van der Waals surface area contributed by atoms with Gasteiger partial charge in [-0.1, -0.05) is 17.7 Å². The van der Waals surface area contributed by atoms with Gasteiger partial charge in [-0.15, -0.1) is 0 Å². The predicted molar refractivity (Wildman–Crippen MR) is 93.5 cm³/mol. The Bertz CT molecular complexity index is 1120. The van der Waals surface area contributed by atoms with Crippen molar-refractivity contribution in [2.24, 2.45) is 0 Å². The average Bonchev–Trinajstić information content (AvgIpc) is 3.05. The maximum atomic E-state index is 12.4. The second-order valence-corrected chi connectivity index (χ2v) is 7.75. The Morgan fingerprint density at radius 2 is 1.72 bits per heavy atom. The molecule has 1 heterocycles. The highest BCUT2D eigenvalue weighted by atomic mass is 32.2. The minimum atomic E-state index is -3.94. The number of fused-ring (bicyclic) bond motifs is 3. The normalized spacial score (nSPS) is 13.8. The fourth-order valence-electron chi connectivity index (χ4n) is 3.20. The topological polar surface area (TPSA) is 73.6 Å². The zero-order valence-electron chi connectivity index (χ0n) is 13.6. The molecule has 1 aromatic heterocycles. The van der Waals surface area contributed by atoms with Crippen LogP contribution < -0.4 is 9.81 Å². The highest BCUT2D eigenvalue weighted by Crippen LogP contribution is 2.30. The third-order valence-corrected chi connectivity index (χ3v) is 5.72. The third kappa shape index (κ3) is 2.82. The van der Waals surface area contributed by atoms with Crippen molar-refractivity contribution in [1.82, 2.24) is 0 Å². The Morgan fingerprint density at radius 1 is 1.00 bits per heavy atom. The molecule has 0 aliphatic heterocycles. The Balaban J connectivity index is 1.74. The Hall–Kier alpha value is -2.60. The van der Waals surface area contributed by atoms with Crippen molar-refractivity contribution in [2.75, 3.05) is 0 Å². The molecule has 1 aliphatic rings. The highest BCUT2D eigenvalue weighted by Gasteiger charge is 2.21. The molecule has 6 heteroatoms. The van der Waals surface area contributed by atoms with Gasteiger partial charge < -0.3 is 8.60 Å². The largest absolute Gasteiger partial charge is 0.422 e. The summed E-state index contributed by atoms with van der Waals surface area (Å²) < 4.78 is 35.3. The first kappa shape index (κ1) is 15.9. The second-order valence-electron chi connectivity index (χ2n) is 6.21. The van der Waals surface area contributed by atoms with Gasteiger partial charge in [0.15, 0.2) is 0 Å². The van der Waals surface area contributed by atoms with Crippen molar-refractivity contribution in [2.45, 2.75) is 31.1 Å². The van der Waals surface area contributed by atoms with Crippen molar-refractivity contribution in [3.63, 3.8) is 0 Å². The van der Waals surface area contributed by atoms with Crippen molar-refractivity contribution in [3.8, 4) is 5.75 Å². The van der Waals surface area contributed by atoms with Crippen LogP contribution in [0.5, 0.6) is 5.75 Å². The summed E-state index contributed by atoms with van der Waals surface area (Å²) in [6, 6.07) is 11.2. The quantitative estimate of drug-likeness (QED) is 0.531. The number of rotatable bonds is 3. The monoisotopic (exact) mass is 356 g/mol. The van der Waals surface area contributed by atoms with Gasteiger partial charge in [0.25, 0.3) is 0 Å². The molecule has 0 radical (unpaired) electrons. The van der Waals surface area contributed by atoms with Crippen LogP contribution in [-0.2, 0) is 23.0 Å². The zero-order valence-corrected chi connectivity index (χ0v) is 14.4. The molecule has 0 bridgehead atoms. The van der Waals surface area contributed by atoms with E-state index in [9.17, 15) is 13.2 Å². The molecule has 0 amide bonds. The SMILES string of the molecule is Cc1ccc(S(=O)(=O)Oc2ccc3c4c(c(=O)oc3c2)CCC4)cc1. The molecule has 0 spiro atoms. The number of benzene rings is 2. The molecule has 4 rings (SSSR count). The number of aryl methyl sites for hydroxylation is 2. The van der Waals surface area contributed by atoms with Crippen molar-refractivity contribution < 1.29 is 17.0 Å². The molecule has 3 aromatic rings. The van der Waals surface area contributed by atoms with E-state index in [1.54, 1.807) is 24.3 Å². The maximum Gasteiger partial charge on any atom is 0.339 e. The minimum Gasteiger partial charge on any atom is -0.422 e. The molecule has 5 nitrogen and oxygen atoms in total. The summed E-state index contributed by atoms with van der Waals surface area (Å²) in [6.07, 6.45) is 2.49. The molecule has 25 heavy (non-hydrogen) atoms. The van der Waals surface area contributed by atoms with Crippen LogP contribution in [0.15, 0.2) is 56.6 Å². The van der Waals surface area contributed by atoms with Crippen molar-refractivity contribution in [1.29, 1.82) is 0 Å². The lowest BCUT2D eigenvalue weighted by Gasteiger charge is -2.09. The first-order valence-corrected chi connectivity index (χ1v) is 9.45. The van der Waals surface area contributed by atoms with Gasteiger partial charge in [-0.3, -0.25) is 0 Å². The number of hydrogen-bond donors (Lipinski definition) is 0. The minimum absolute atomic E-state index is 0.0774. The summed E-state index contributed by atoms with van der Waals surface area (Å²) in [5, 5.41) is 0.840. The number of hydrogen-bond acceptors (Lipinski definition) is 5. The van der Waals surface area contributed by atoms with E-state index in [-0.39, 0.29) is 16.3 Å². The van der Waals surface area contributed by atoms with Crippen molar-refractivity contribution >= 4 is 21.1 Å². The van der Waals surface area contributed by atoms with Gasteiger partial charge in [0.2, 0.25) is 0 Å². The van der Waals surface area contributed by atoms with Crippen molar-refractivity contribution in [3.05, 3.63) is 69.6 Å². The summed E-state index contributed by atoms with van der Waals surface area (Å²) in [4.78, 5) is 12.1. The van der Waals surface area contributed by atoms with E-state index in [4.69, 9.17) is 8.60 Å². The average molecular weight is 356 g/mol. The van der Waals surface area contributed by atoms with Crippen LogP contribution in [0, 0.1) is 6.92 Å². The van der Waals surface area contributed by atoms with Gasteiger partial charge in [0.05, 0.1) is 0 Å².